The van der Waals surface area contributed by atoms with Gasteiger partial charge in [0, 0.05) is 19.3 Å². The average Bonchev–Trinajstić information content (AvgIpc) is 2.41. The van der Waals surface area contributed by atoms with Crippen LogP contribution >= 0.6 is 0 Å². The molecule has 0 atom stereocenters. The van der Waals surface area contributed by atoms with E-state index < -0.39 is 5.97 Å². The topological polar surface area (TPSA) is 53.4 Å². The van der Waals surface area contributed by atoms with Crippen molar-refractivity contribution in [3.05, 3.63) is 65.2 Å². The molecule has 2 rings (SSSR count). The summed E-state index contributed by atoms with van der Waals surface area (Å²) < 4.78 is 12.8. The Morgan fingerprint density at radius 2 is 1.95 bits per heavy atom. The lowest BCUT2D eigenvalue weighted by Crippen LogP contribution is -2.19. The van der Waals surface area contributed by atoms with Crippen LogP contribution in [0.2, 0.25) is 0 Å². The summed E-state index contributed by atoms with van der Waals surface area (Å²) in [5, 5.41) is 9.08. The molecule has 0 aliphatic carbocycles. The first kappa shape index (κ1) is 14.1. The minimum atomic E-state index is -1.03. The predicted molar refractivity (Wildman–Crippen MR) is 72.8 cm³/mol. The van der Waals surface area contributed by atoms with Crippen LogP contribution in [-0.2, 0) is 13.1 Å². The fourth-order valence-corrected chi connectivity index (χ4v) is 2.01. The van der Waals surface area contributed by atoms with Gasteiger partial charge in [0.05, 0.1) is 0 Å². The zero-order valence-electron chi connectivity index (χ0n) is 11.1. The third-order valence-electron chi connectivity index (χ3n) is 2.90. The molecule has 1 aromatic heterocycles. The van der Waals surface area contributed by atoms with Gasteiger partial charge in [-0.15, -0.1) is 0 Å². The third kappa shape index (κ3) is 3.61. The Labute approximate surface area is 116 Å². The summed E-state index contributed by atoms with van der Waals surface area (Å²) in [6.07, 6.45) is 1.47. The number of pyridine rings is 1. The zero-order valence-corrected chi connectivity index (χ0v) is 11.1. The van der Waals surface area contributed by atoms with Crippen molar-refractivity contribution >= 4 is 5.97 Å². The Kier molecular flexibility index (Phi) is 4.42. The Morgan fingerprint density at radius 1 is 1.25 bits per heavy atom. The summed E-state index contributed by atoms with van der Waals surface area (Å²) in [6, 6.07) is 9.72. The van der Waals surface area contributed by atoms with Crippen molar-refractivity contribution in [3.8, 4) is 0 Å². The van der Waals surface area contributed by atoms with Crippen molar-refractivity contribution in [3.63, 3.8) is 0 Å². The molecule has 0 aliphatic heterocycles. The zero-order chi connectivity index (χ0) is 14.5. The lowest BCUT2D eigenvalue weighted by molar-refractivity contribution is 0.0688. The van der Waals surface area contributed by atoms with Gasteiger partial charge in [-0.3, -0.25) is 4.90 Å². The number of halogens is 1. The summed E-state index contributed by atoms with van der Waals surface area (Å²) in [5.41, 5.74) is 1.69. The molecular formula is C15H15FN2O2. The monoisotopic (exact) mass is 274 g/mol. The van der Waals surface area contributed by atoms with Crippen molar-refractivity contribution in [2.75, 3.05) is 7.05 Å². The highest BCUT2D eigenvalue weighted by Crippen LogP contribution is 2.11. The minimum absolute atomic E-state index is 0.0680. The van der Waals surface area contributed by atoms with Crippen molar-refractivity contribution in [2.45, 2.75) is 13.1 Å². The van der Waals surface area contributed by atoms with E-state index in [0.717, 1.165) is 5.56 Å². The highest BCUT2D eigenvalue weighted by molar-refractivity contribution is 5.86. The number of hydrogen-bond donors (Lipinski definition) is 1. The number of carbonyl (C=O) groups is 1. The normalized spacial score (nSPS) is 10.8. The Balaban J connectivity index is 2.06. The maximum Gasteiger partial charge on any atom is 0.354 e. The molecular weight excluding hydrogens is 259 g/mol. The van der Waals surface area contributed by atoms with Gasteiger partial charge in [-0.1, -0.05) is 18.2 Å². The van der Waals surface area contributed by atoms with Gasteiger partial charge in [-0.2, -0.15) is 0 Å². The second kappa shape index (κ2) is 6.25. The number of benzene rings is 1. The first-order valence-corrected chi connectivity index (χ1v) is 6.16. The van der Waals surface area contributed by atoms with Gasteiger partial charge in [0.25, 0.3) is 0 Å². The molecule has 0 fully saturated rings. The molecule has 0 amide bonds. The lowest BCUT2D eigenvalue weighted by atomic mass is 10.1. The Morgan fingerprint density at radius 3 is 2.60 bits per heavy atom. The van der Waals surface area contributed by atoms with E-state index in [9.17, 15) is 9.18 Å². The van der Waals surface area contributed by atoms with E-state index in [1.165, 1.54) is 18.3 Å². The van der Waals surface area contributed by atoms with Gasteiger partial charge in [0.15, 0.2) is 5.69 Å². The van der Waals surface area contributed by atoms with Crippen LogP contribution in [0.5, 0.6) is 0 Å². The first-order chi connectivity index (χ1) is 9.56. The molecule has 0 saturated heterocycles. The standard InChI is InChI=1S/C15H15FN2O2/c1-18(9-11-4-6-13(16)7-5-11)10-12-3-2-8-17-14(12)15(19)20/h2-8H,9-10H2,1H3,(H,19,20). The number of aromatic carboxylic acids is 1. The maximum absolute atomic E-state index is 12.8. The van der Waals surface area contributed by atoms with Crippen molar-refractivity contribution in [2.24, 2.45) is 0 Å². The molecule has 1 N–H and O–H groups in total. The van der Waals surface area contributed by atoms with Crippen LogP contribution in [0.4, 0.5) is 4.39 Å². The van der Waals surface area contributed by atoms with Gasteiger partial charge >= 0.3 is 5.97 Å². The molecule has 1 aromatic carbocycles. The number of hydrogen-bond acceptors (Lipinski definition) is 3. The first-order valence-electron chi connectivity index (χ1n) is 6.16. The summed E-state index contributed by atoms with van der Waals surface area (Å²) in [7, 11) is 1.88. The van der Waals surface area contributed by atoms with Gasteiger partial charge in [0.1, 0.15) is 5.82 Å². The van der Waals surface area contributed by atoms with Crippen molar-refractivity contribution in [1.29, 1.82) is 0 Å². The van der Waals surface area contributed by atoms with Crippen LogP contribution in [0.25, 0.3) is 0 Å². The fraction of sp³-hybridized carbons (Fsp3) is 0.200. The molecule has 0 saturated carbocycles. The van der Waals surface area contributed by atoms with Crippen LogP contribution < -0.4 is 0 Å². The molecule has 4 nitrogen and oxygen atoms in total. The fourth-order valence-electron chi connectivity index (χ4n) is 2.01. The quantitative estimate of drug-likeness (QED) is 0.910. The maximum atomic E-state index is 12.8. The largest absolute Gasteiger partial charge is 0.477 e. The summed E-state index contributed by atoms with van der Waals surface area (Å²) in [4.78, 5) is 16.9. The average molecular weight is 274 g/mol. The summed E-state index contributed by atoms with van der Waals surface area (Å²) in [6.45, 7) is 1.07. The van der Waals surface area contributed by atoms with E-state index in [-0.39, 0.29) is 11.5 Å². The van der Waals surface area contributed by atoms with Crippen LogP contribution in [0.1, 0.15) is 21.6 Å². The number of aromatic nitrogens is 1. The lowest BCUT2D eigenvalue weighted by Gasteiger charge is -2.17. The second-order valence-electron chi connectivity index (χ2n) is 4.62. The minimum Gasteiger partial charge on any atom is -0.477 e. The highest BCUT2D eigenvalue weighted by Gasteiger charge is 2.12. The molecule has 0 spiro atoms. The van der Waals surface area contributed by atoms with Gasteiger partial charge < -0.3 is 5.11 Å². The van der Waals surface area contributed by atoms with E-state index in [1.807, 2.05) is 11.9 Å². The third-order valence-corrected chi connectivity index (χ3v) is 2.90. The number of nitrogens with zero attached hydrogens (tertiary/aromatic N) is 2. The molecule has 1 heterocycles. The van der Waals surface area contributed by atoms with E-state index >= 15 is 0 Å². The predicted octanol–water partition coefficient (Wildman–Crippen LogP) is 2.55. The van der Waals surface area contributed by atoms with E-state index in [0.29, 0.717) is 18.7 Å². The molecule has 20 heavy (non-hydrogen) atoms. The van der Waals surface area contributed by atoms with Crippen molar-refractivity contribution < 1.29 is 14.3 Å². The number of carboxylic acids is 1. The Bertz CT molecular complexity index is 599. The van der Waals surface area contributed by atoms with Crippen LogP contribution in [-0.4, -0.2) is 28.0 Å². The van der Waals surface area contributed by atoms with Gasteiger partial charge in [-0.25, -0.2) is 14.2 Å². The Hall–Kier alpha value is -2.27. The van der Waals surface area contributed by atoms with E-state index in [2.05, 4.69) is 4.98 Å². The van der Waals surface area contributed by atoms with Gasteiger partial charge in [0.2, 0.25) is 0 Å². The second-order valence-corrected chi connectivity index (χ2v) is 4.62. The van der Waals surface area contributed by atoms with E-state index in [4.69, 9.17) is 5.11 Å². The summed E-state index contributed by atoms with van der Waals surface area (Å²) >= 11 is 0. The SMILES string of the molecule is CN(Cc1ccc(F)cc1)Cc1cccnc1C(=O)O. The van der Waals surface area contributed by atoms with E-state index in [1.54, 1.807) is 24.3 Å². The smallest absolute Gasteiger partial charge is 0.354 e. The highest BCUT2D eigenvalue weighted by atomic mass is 19.1. The molecule has 0 aliphatic rings. The van der Waals surface area contributed by atoms with Crippen LogP contribution in [0.3, 0.4) is 0 Å². The molecule has 0 bridgehead atoms. The molecule has 104 valence electrons. The number of carboxylic acid groups (broad SMARTS) is 1. The molecule has 0 unspecified atom stereocenters. The van der Waals surface area contributed by atoms with Crippen LogP contribution in [0.15, 0.2) is 42.6 Å². The molecule has 2 aromatic rings. The number of rotatable bonds is 5. The molecule has 5 heteroatoms. The molecule has 0 radical (unpaired) electrons. The summed E-state index contributed by atoms with van der Waals surface area (Å²) in [5.74, 6) is -1.30. The van der Waals surface area contributed by atoms with Crippen molar-refractivity contribution in [1.82, 2.24) is 9.88 Å². The van der Waals surface area contributed by atoms with Crippen LogP contribution in [0, 0.1) is 5.82 Å². The van der Waals surface area contributed by atoms with Gasteiger partial charge in [-0.05, 0) is 36.4 Å².